The molecule has 0 heterocycles. The number of fused-ring (bicyclic) bond motifs is 3. The Labute approximate surface area is 234 Å². The van der Waals surface area contributed by atoms with Crippen LogP contribution in [0.5, 0.6) is 0 Å². The summed E-state index contributed by atoms with van der Waals surface area (Å²) >= 11 is 18.2. The Morgan fingerprint density at radius 1 is 0.605 bits per heavy atom. The van der Waals surface area contributed by atoms with Gasteiger partial charge in [0.1, 0.15) is 0 Å². The Kier molecular flexibility index (Phi) is 7.26. The Balaban J connectivity index is 1.29. The van der Waals surface area contributed by atoms with Gasteiger partial charge in [0.05, 0.1) is 10.0 Å². The maximum absolute atomic E-state index is 13.2. The van der Waals surface area contributed by atoms with Gasteiger partial charge in [-0.25, -0.2) is 0 Å². The first-order valence-electron chi connectivity index (χ1n) is 11.8. The number of halogens is 3. The summed E-state index contributed by atoms with van der Waals surface area (Å²) in [6.45, 7) is 2.48. The molecule has 190 valence electrons. The molecule has 5 nitrogen and oxygen atoms in total. The molecule has 1 aliphatic rings. The predicted molar refractivity (Wildman–Crippen MR) is 150 cm³/mol. The second-order valence-corrected chi connectivity index (χ2v) is 10.3. The summed E-state index contributed by atoms with van der Waals surface area (Å²) < 4.78 is 0. The lowest BCUT2D eigenvalue weighted by atomic mass is 10.0. The second kappa shape index (κ2) is 10.6. The van der Waals surface area contributed by atoms with Crippen molar-refractivity contribution in [2.75, 3.05) is 0 Å². The molecule has 0 saturated heterocycles. The van der Waals surface area contributed by atoms with Crippen molar-refractivity contribution >= 4 is 52.4 Å². The number of aryl methyl sites for hydroxylation is 1. The van der Waals surface area contributed by atoms with Gasteiger partial charge in [0, 0.05) is 40.4 Å². The highest BCUT2D eigenvalue weighted by molar-refractivity contribution is 6.42. The van der Waals surface area contributed by atoms with Crippen LogP contribution in [0, 0.1) is 6.92 Å². The normalized spacial score (nSPS) is 11.6. The molecule has 0 aliphatic heterocycles. The van der Waals surface area contributed by atoms with Crippen LogP contribution in [0.25, 0.3) is 11.1 Å². The Bertz CT molecular complexity index is 1510. The number of hydrogen-bond donors (Lipinski definition) is 2. The minimum absolute atomic E-state index is 0.228. The van der Waals surface area contributed by atoms with E-state index in [1.807, 2.05) is 25.1 Å². The van der Waals surface area contributed by atoms with Crippen molar-refractivity contribution < 1.29 is 14.4 Å². The maximum Gasteiger partial charge on any atom is 0.251 e. The van der Waals surface area contributed by atoms with E-state index in [0.29, 0.717) is 43.9 Å². The summed E-state index contributed by atoms with van der Waals surface area (Å²) in [5.74, 6) is -0.844. The van der Waals surface area contributed by atoms with Crippen LogP contribution in [0.2, 0.25) is 15.1 Å². The number of carbonyl (C=O) groups is 3. The summed E-state index contributed by atoms with van der Waals surface area (Å²) in [4.78, 5) is 38.8. The van der Waals surface area contributed by atoms with Crippen molar-refractivity contribution in [2.24, 2.45) is 0 Å². The van der Waals surface area contributed by atoms with Crippen LogP contribution in [-0.2, 0) is 13.1 Å². The fraction of sp³-hybridized carbons (Fsp3) is 0.100. The minimum atomic E-state index is -0.320. The summed E-state index contributed by atoms with van der Waals surface area (Å²) in [5, 5.41) is 7.19. The average Bonchev–Trinajstić information content (AvgIpc) is 3.20. The minimum Gasteiger partial charge on any atom is -0.348 e. The highest BCUT2D eigenvalue weighted by Gasteiger charge is 2.28. The van der Waals surface area contributed by atoms with Crippen LogP contribution in [0.4, 0.5) is 0 Å². The highest BCUT2D eigenvalue weighted by Crippen LogP contribution is 2.37. The topological polar surface area (TPSA) is 75.3 Å². The molecule has 1 aliphatic carbocycles. The number of benzene rings is 4. The molecule has 4 aromatic carbocycles. The van der Waals surface area contributed by atoms with Crippen molar-refractivity contribution in [1.82, 2.24) is 10.6 Å². The Morgan fingerprint density at radius 2 is 1.11 bits per heavy atom. The zero-order chi connectivity index (χ0) is 27.0. The third-order valence-electron chi connectivity index (χ3n) is 6.47. The molecule has 2 amide bonds. The zero-order valence-corrected chi connectivity index (χ0v) is 22.5. The van der Waals surface area contributed by atoms with Gasteiger partial charge in [-0.15, -0.1) is 0 Å². The lowest BCUT2D eigenvalue weighted by Crippen LogP contribution is -2.23. The van der Waals surface area contributed by atoms with E-state index in [1.54, 1.807) is 54.6 Å². The Morgan fingerprint density at radius 3 is 1.61 bits per heavy atom. The molecule has 2 N–H and O–H groups in total. The van der Waals surface area contributed by atoms with Crippen molar-refractivity contribution in [3.63, 3.8) is 0 Å². The fourth-order valence-electron chi connectivity index (χ4n) is 4.33. The largest absolute Gasteiger partial charge is 0.348 e. The van der Waals surface area contributed by atoms with E-state index in [2.05, 4.69) is 10.6 Å². The van der Waals surface area contributed by atoms with Gasteiger partial charge < -0.3 is 10.6 Å². The smallest absolute Gasteiger partial charge is 0.251 e. The summed E-state index contributed by atoms with van der Waals surface area (Å²) in [5.41, 5.74) is 5.69. The lowest BCUT2D eigenvalue weighted by Gasteiger charge is -2.08. The van der Waals surface area contributed by atoms with Gasteiger partial charge in [-0.3, -0.25) is 14.4 Å². The second-order valence-electron chi connectivity index (χ2n) is 9.05. The third-order valence-corrected chi connectivity index (χ3v) is 7.62. The molecule has 0 saturated carbocycles. The van der Waals surface area contributed by atoms with Crippen molar-refractivity contribution in [3.05, 3.63) is 127 Å². The number of amides is 2. The molecule has 0 radical (unpaired) electrons. The summed E-state index contributed by atoms with van der Waals surface area (Å²) in [6, 6.07) is 20.8. The van der Waals surface area contributed by atoms with E-state index in [4.69, 9.17) is 34.8 Å². The molecule has 8 heteroatoms. The lowest BCUT2D eigenvalue weighted by molar-refractivity contribution is 0.0943. The number of ketones is 1. The van der Waals surface area contributed by atoms with Crippen LogP contribution in [0.1, 0.15) is 53.3 Å². The van der Waals surface area contributed by atoms with Gasteiger partial charge in [-0.2, -0.15) is 0 Å². The van der Waals surface area contributed by atoms with Crippen LogP contribution >= 0.6 is 34.8 Å². The van der Waals surface area contributed by atoms with E-state index in [-0.39, 0.29) is 24.1 Å². The number of hydrogen-bond acceptors (Lipinski definition) is 3. The van der Waals surface area contributed by atoms with Gasteiger partial charge in [0.2, 0.25) is 0 Å². The van der Waals surface area contributed by atoms with Gasteiger partial charge >= 0.3 is 0 Å². The average molecular weight is 564 g/mol. The highest BCUT2D eigenvalue weighted by atomic mass is 35.5. The predicted octanol–water partition coefficient (Wildman–Crippen LogP) is 7.03. The molecule has 0 atom stereocenters. The Hall–Kier alpha value is -3.64. The number of nitrogens with one attached hydrogen (secondary N) is 2. The first kappa shape index (κ1) is 26.0. The molecule has 0 unspecified atom stereocenters. The van der Waals surface area contributed by atoms with E-state index in [1.165, 1.54) is 0 Å². The van der Waals surface area contributed by atoms with Crippen LogP contribution in [0.3, 0.4) is 0 Å². The third kappa shape index (κ3) is 5.18. The van der Waals surface area contributed by atoms with Crippen molar-refractivity contribution in [1.29, 1.82) is 0 Å². The van der Waals surface area contributed by atoms with Crippen molar-refractivity contribution in [2.45, 2.75) is 20.0 Å². The fourth-order valence-corrected chi connectivity index (χ4v) is 4.85. The van der Waals surface area contributed by atoms with Gasteiger partial charge in [-0.05, 0) is 77.2 Å². The van der Waals surface area contributed by atoms with E-state index in [0.717, 1.165) is 27.8 Å². The summed E-state index contributed by atoms with van der Waals surface area (Å²) in [7, 11) is 0. The quantitative estimate of drug-likeness (QED) is 0.233. The van der Waals surface area contributed by atoms with Crippen LogP contribution < -0.4 is 10.6 Å². The first-order valence-corrected chi connectivity index (χ1v) is 12.9. The first-order chi connectivity index (χ1) is 18.2. The molecule has 0 fully saturated rings. The van der Waals surface area contributed by atoms with Crippen LogP contribution in [-0.4, -0.2) is 17.6 Å². The molecule has 0 spiro atoms. The zero-order valence-electron chi connectivity index (χ0n) is 20.2. The van der Waals surface area contributed by atoms with Gasteiger partial charge in [0.25, 0.3) is 11.8 Å². The van der Waals surface area contributed by atoms with Crippen molar-refractivity contribution in [3.8, 4) is 11.1 Å². The van der Waals surface area contributed by atoms with E-state index in [9.17, 15) is 14.4 Å². The molecule has 5 rings (SSSR count). The SMILES string of the molecule is Cc1ccc(CNC(=O)c2ccc3c(c2)C(=O)c2cc(C(=O)NCc4ccc(Cl)c(Cl)c4)ccc2-3)cc1Cl. The maximum atomic E-state index is 13.2. The molecular formula is C30H21Cl3N2O3. The number of carbonyl (C=O) groups excluding carboxylic acids is 3. The van der Waals surface area contributed by atoms with E-state index < -0.39 is 0 Å². The molecule has 0 aromatic heterocycles. The summed E-state index contributed by atoms with van der Waals surface area (Å²) in [6.07, 6.45) is 0. The molecular weight excluding hydrogens is 543 g/mol. The standard InChI is InChI=1S/C30H21Cl3N2O3/c1-16-2-3-17(10-26(16)32)14-34-29(37)19-5-7-21-22-8-6-20(13-24(22)28(36)23(21)12-19)30(38)35-15-18-4-9-25(31)27(33)11-18/h2-13H,14-15H2,1H3,(H,34,37)(H,35,38). The van der Waals surface area contributed by atoms with Gasteiger partial charge in [-0.1, -0.05) is 65.1 Å². The van der Waals surface area contributed by atoms with Gasteiger partial charge in [0.15, 0.2) is 5.78 Å². The molecule has 0 bridgehead atoms. The van der Waals surface area contributed by atoms with Crippen LogP contribution in [0.15, 0.2) is 72.8 Å². The monoisotopic (exact) mass is 562 g/mol. The number of rotatable bonds is 6. The van der Waals surface area contributed by atoms with E-state index >= 15 is 0 Å². The molecule has 38 heavy (non-hydrogen) atoms. The molecule has 4 aromatic rings.